The Balaban J connectivity index is 1.92. The summed E-state index contributed by atoms with van der Waals surface area (Å²) in [6, 6.07) is 7.67. The van der Waals surface area contributed by atoms with Crippen LogP contribution in [0.1, 0.15) is 32.6 Å². The number of hydrogen-bond donors (Lipinski definition) is 2. The third-order valence-electron chi connectivity index (χ3n) is 4.27. The van der Waals surface area contributed by atoms with Crippen LogP contribution in [0.5, 0.6) is 11.5 Å². The highest BCUT2D eigenvalue weighted by molar-refractivity contribution is 5.39. The van der Waals surface area contributed by atoms with E-state index in [1.54, 1.807) is 0 Å². The van der Waals surface area contributed by atoms with E-state index in [1.165, 1.54) is 0 Å². The average molecular weight is 279 g/mol. The van der Waals surface area contributed by atoms with E-state index >= 15 is 0 Å². The topological polar surface area (TPSA) is 64.7 Å². The molecule has 0 aliphatic heterocycles. The van der Waals surface area contributed by atoms with Crippen molar-refractivity contribution in [3.8, 4) is 11.5 Å². The van der Waals surface area contributed by atoms with Crippen LogP contribution >= 0.6 is 0 Å². The Kier molecular flexibility index (Phi) is 5.26. The van der Waals surface area contributed by atoms with Crippen LogP contribution in [-0.2, 0) is 0 Å². The lowest BCUT2D eigenvalue weighted by molar-refractivity contribution is 0.0410. The number of para-hydroxylation sites is 2. The first kappa shape index (κ1) is 15.1. The first-order valence-corrected chi connectivity index (χ1v) is 7.44. The SMILES string of the molecule is CCOc1ccccc1OCCC1(CN)CCCC1O. The number of nitrogens with two attached hydrogens (primary N) is 1. The molecule has 1 fully saturated rings. The molecule has 1 saturated carbocycles. The summed E-state index contributed by atoms with van der Waals surface area (Å²) in [7, 11) is 0. The Morgan fingerprint density at radius 2 is 2.00 bits per heavy atom. The van der Waals surface area contributed by atoms with E-state index in [-0.39, 0.29) is 11.5 Å². The number of hydrogen-bond acceptors (Lipinski definition) is 4. The average Bonchev–Trinajstić information content (AvgIpc) is 2.83. The van der Waals surface area contributed by atoms with Gasteiger partial charge in [-0.3, -0.25) is 0 Å². The second-order valence-corrected chi connectivity index (χ2v) is 5.45. The van der Waals surface area contributed by atoms with Crippen LogP contribution in [0.2, 0.25) is 0 Å². The van der Waals surface area contributed by atoms with E-state index in [0.717, 1.165) is 37.2 Å². The molecule has 3 N–H and O–H groups in total. The van der Waals surface area contributed by atoms with Gasteiger partial charge in [-0.1, -0.05) is 18.6 Å². The van der Waals surface area contributed by atoms with E-state index < -0.39 is 0 Å². The maximum absolute atomic E-state index is 10.1. The molecule has 0 aromatic heterocycles. The molecule has 1 aliphatic carbocycles. The van der Waals surface area contributed by atoms with E-state index in [0.29, 0.717) is 19.8 Å². The zero-order valence-corrected chi connectivity index (χ0v) is 12.2. The summed E-state index contributed by atoms with van der Waals surface area (Å²) in [5.74, 6) is 1.53. The van der Waals surface area contributed by atoms with E-state index in [4.69, 9.17) is 15.2 Å². The normalized spacial score (nSPS) is 25.6. The van der Waals surface area contributed by atoms with Crippen molar-refractivity contribution >= 4 is 0 Å². The zero-order valence-electron chi connectivity index (χ0n) is 12.2. The standard InChI is InChI=1S/C16H25NO3/c1-2-19-13-6-3-4-7-14(13)20-11-10-16(12-17)9-5-8-15(16)18/h3-4,6-7,15,18H,2,5,8-12,17H2,1H3. The molecule has 2 rings (SSSR count). The van der Waals surface area contributed by atoms with Crippen molar-refractivity contribution in [2.75, 3.05) is 19.8 Å². The zero-order chi connectivity index (χ0) is 14.4. The van der Waals surface area contributed by atoms with Crippen molar-refractivity contribution in [3.05, 3.63) is 24.3 Å². The minimum absolute atomic E-state index is 0.166. The van der Waals surface area contributed by atoms with Crippen LogP contribution in [0.15, 0.2) is 24.3 Å². The highest BCUT2D eigenvalue weighted by Crippen LogP contribution is 2.40. The summed E-state index contributed by atoms with van der Waals surface area (Å²) in [6.45, 7) is 3.64. The second-order valence-electron chi connectivity index (χ2n) is 5.45. The molecule has 2 unspecified atom stereocenters. The summed E-state index contributed by atoms with van der Waals surface area (Å²) in [6.07, 6.45) is 3.38. The predicted molar refractivity (Wildman–Crippen MR) is 79.1 cm³/mol. The van der Waals surface area contributed by atoms with Gasteiger partial charge < -0.3 is 20.3 Å². The molecule has 0 amide bonds. The highest BCUT2D eigenvalue weighted by Gasteiger charge is 2.40. The van der Waals surface area contributed by atoms with Gasteiger partial charge in [-0.25, -0.2) is 0 Å². The van der Waals surface area contributed by atoms with Crippen LogP contribution in [-0.4, -0.2) is 31.0 Å². The lowest BCUT2D eigenvalue weighted by atomic mass is 9.81. The Morgan fingerprint density at radius 3 is 2.55 bits per heavy atom. The first-order valence-electron chi connectivity index (χ1n) is 7.44. The van der Waals surface area contributed by atoms with E-state index in [9.17, 15) is 5.11 Å². The Bertz CT molecular complexity index is 424. The first-order chi connectivity index (χ1) is 9.72. The molecule has 2 atom stereocenters. The number of aliphatic hydroxyl groups is 1. The van der Waals surface area contributed by atoms with Crippen molar-refractivity contribution in [2.24, 2.45) is 11.1 Å². The molecule has 0 bridgehead atoms. The second kappa shape index (κ2) is 6.95. The number of ether oxygens (including phenoxy) is 2. The predicted octanol–water partition coefficient (Wildman–Crippen LogP) is 2.34. The number of benzene rings is 1. The fraction of sp³-hybridized carbons (Fsp3) is 0.625. The van der Waals surface area contributed by atoms with Crippen molar-refractivity contribution in [2.45, 2.75) is 38.7 Å². The Hall–Kier alpha value is -1.26. The molecule has 4 nitrogen and oxygen atoms in total. The fourth-order valence-corrected chi connectivity index (χ4v) is 2.96. The van der Waals surface area contributed by atoms with E-state index in [1.807, 2.05) is 31.2 Å². The quantitative estimate of drug-likeness (QED) is 0.804. The molecule has 1 aromatic carbocycles. The largest absolute Gasteiger partial charge is 0.490 e. The third kappa shape index (κ3) is 3.25. The molecular weight excluding hydrogens is 254 g/mol. The molecule has 20 heavy (non-hydrogen) atoms. The van der Waals surface area contributed by atoms with Crippen molar-refractivity contribution in [3.63, 3.8) is 0 Å². The van der Waals surface area contributed by atoms with Gasteiger partial charge in [-0.2, -0.15) is 0 Å². The summed E-state index contributed by atoms with van der Waals surface area (Å²) >= 11 is 0. The number of aliphatic hydroxyl groups excluding tert-OH is 1. The molecule has 1 aliphatic rings. The maximum atomic E-state index is 10.1. The summed E-state index contributed by atoms with van der Waals surface area (Å²) in [4.78, 5) is 0. The third-order valence-corrected chi connectivity index (χ3v) is 4.27. The Morgan fingerprint density at radius 1 is 1.30 bits per heavy atom. The molecular formula is C16H25NO3. The van der Waals surface area contributed by atoms with Gasteiger partial charge in [0.05, 0.1) is 19.3 Å². The van der Waals surface area contributed by atoms with Crippen molar-refractivity contribution in [1.29, 1.82) is 0 Å². The molecule has 0 spiro atoms. The van der Waals surface area contributed by atoms with Gasteiger partial charge in [0.15, 0.2) is 11.5 Å². The molecule has 112 valence electrons. The lowest BCUT2D eigenvalue weighted by Gasteiger charge is -2.31. The van der Waals surface area contributed by atoms with Crippen LogP contribution in [0.4, 0.5) is 0 Å². The molecule has 0 heterocycles. The van der Waals surface area contributed by atoms with Gasteiger partial charge >= 0.3 is 0 Å². The lowest BCUT2D eigenvalue weighted by Crippen LogP contribution is -2.39. The van der Waals surface area contributed by atoms with Crippen molar-refractivity contribution < 1.29 is 14.6 Å². The van der Waals surface area contributed by atoms with Crippen LogP contribution < -0.4 is 15.2 Å². The maximum Gasteiger partial charge on any atom is 0.161 e. The van der Waals surface area contributed by atoms with Gasteiger partial charge in [0.2, 0.25) is 0 Å². The van der Waals surface area contributed by atoms with Gasteiger partial charge in [0.25, 0.3) is 0 Å². The highest BCUT2D eigenvalue weighted by atomic mass is 16.5. The van der Waals surface area contributed by atoms with Crippen LogP contribution in [0, 0.1) is 5.41 Å². The van der Waals surface area contributed by atoms with Crippen LogP contribution in [0.25, 0.3) is 0 Å². The molecule has 1 aromatic rings. The van der Waals surface area contributed by atoms with Gasteiger partial charge in [-0.15, -0.1) is 0 Å². The monoisotopic (exact) mass is 279 g/mol. The number of rotatable bonds is 7. The van der Waals surface area contributed by atoms with Gasteiger partial charge in [-0.05, 0) is 38.3 Å². The summed E-state index contributed by atoms with van der Waals surface area (Å²) in [5.41, 5.74) is 5.71. The smallest absolute Gasteiger partial charge is 0.161 e. The molecule has 4 heteroatoms. The minimum Gasteiger partial charge on any atom is -0.490 e. The molecule has 0 radical (unpaired) electrons. The van der Waals surface area contributed by atoms with Crippen molar-refractivity contribution in [1.82, 2.24) is 0 Å². The van der Waals surface area contributed by atoms with Gasteiger partial charge in [0.1, 0.15) is 0 Å². The van der Waals surface area contributed by atoms with Gasteiger partial charge in [0, 0.05) is 12.0 Å². The van der Waals surface area contributed by atoms with Crippen LogP contribution in [0.3, 0.4) is 0 Å². The van der Waals surface area contributed by atoms with E-state index in [2.05, 4.69) is 0 Å². The molecule has 0 saturated heterocycles. The minimum atomic E-state index is -0.293. The Labute approximate surface area is 120 Å². The summed E-state index contributed by atoms with van der Waals surface area (Å²) < 4.78 is 11.4. The summed E-state index contributed by atoms with van der Waals surface area (Å²) in [5, 5.41) is 10.1. The fourth-order valence-electron chi connectivity index (χ4n) is 2.96.